The van der Waals surface area contributed by atoms with Crippen molar-refractivity contribution in [2.45, 2.75) is 51.0 Å². The summed E-state index contributed by atoms with van der Waals surface area (Å²) in [5, 5.41) is 9.03. The molecule has 1 fully saturated rings. The van der Waals surface area contributed by atoms with E-state index in [1.54, 1.807) is 0 Å². The minimum atomic E-state index is -0.867. The largest absolute Gasteiger partial charge is 0.480 e. The Morgan fingerprint density at radius 2 is 2.18 bits per heavy atom. The number of hydrogen-bond acceptors (Lipinski definition) is 2. The zero-order chi connectivity index (χ0) is 12.3. The Kier molecular flexibility index (Phi) is 3.82. The predicted molar refractivity (Wildman–Crippen MR) is 63.5 cm³/mol. The molecule has 2 aliphatic rings. The second kappa shape index (κ2) is 5.34. The van der Waals surface area contributed by atoms with Gasteiger partial charge in [0.15, 0.2) is 0 Å². The summed E-state index contributed by atoms with van der Waals surface area (Å²) in [7, 11) is 0. The summed E-state index contributed by atoms with van der Waals surface area (Å²) in [6, 6.07) is -0.591. The van der Waals surface area contributed by atoms with Gasteiger partial charge in [0.05, 0.1) is 0 Å². The summed E-state index contributed by atoms with van der Waals surface area (Å²) in [5.41, 5.74) is 1.19. The summed E-state index contributed by atoms with van der Waals surface area (Å²) in [5.74, 6) is -0.878. The fourth-order valence-corrected chi connectivity index (χ4v) is 2.68. The molecule has 0 radical (unpaired) electrons. The first kappa shape index (κ1) is 12.1. The third-order valence-electron chi connectivity index (χ3n) is 3.62. The number of aliphatic carboxylic acids is 1. The van der Waals surface area contributed by atoms with Gasteiger partial charge in [-0.05, 0) is 38.5 Å². The van der Waals surface area contributed by atoms with Crippen LogP contribution in [0, 0.1) is 0 Å². The average molecular weight is 237 g/mol. The van der Waals surface area contributed by atoms with Crippen LogP contribution >= 0.6 is 0 Å². The maximum Gasteiger partial charge on any atom is 0.326 e. The van der Waals surface area contributed by atoms with Crippen molar-refractivity contribution < 1.29 is 14.7 Å². The number of allylic oxidation sites excluding steroid dienone is 1. The van der Waals surface area contributed by atoms with E-state index < -0.39 is 12.0 Å². The van der Waals surface area contributed by atoms with E-state index in [1.807, 2.05) is 0 Å². The molecule has 0 aromatic carbocycles. The monoisotopic (exact) mass is 237 g/mol. The van der Waals surface area contributed by atoms with Gasteiger partial charge in [0, 0.05) is 13.0 Å². The lowest BCUT2D eigenvalue weighted by atomic mass is 9.97. The van der Waals surface area contributed by atoms with E-state index in [0.29, 0.717) is 19.4 Å². The van der Waals surface area contributed by atoms with Gasteiger partial charge >= 0.3 is 5.97 Å². The van der Waals surface area contributed by atoms with Crippen LogP contribution in [0.4, 0.5) is 0 Å². The molecule has 1 saturated heterocycles. The minimum absolute atomic E-state index is 0.0111. The number of carboxylic acids is 1. The van der Waals surface area contributed by atoms with Gasteiger partial charge in [0.1, 0.15) is 6.04 Å². The zero-order valence-corrected chi connectivity index (χ0v) is 10.0. The van der Waals surface area contributed by atoms with E-state index in [9.17, 15) is 9.59 Å². The maximum atomic E-state index is 12.1. The lowest BCUT2D eigenvalue weighted by Crippen LogP contribution is -2.40. The number of nitrogens with zero attached hydrogens (tertiary/aromatic N) is 1. The van der Waals surface area contributed by atoms with Gasteiger partial charge in [-0.2, -0.15) is 0 Å². The molecule has 1 amide bonds. The topological polar surface area (TPSA) is 57.6 Å². The van der Waals surface area contributed by atoms with Crippen LogP contribution in [0.1, 0.15) is 44.9 Å². The van der Waals surface area contributed by atoms with Crippen molar-refractivity contribution >= 4 is 11.9 Å². The molecule has 1 N–H and O–H groups in total. The van der Waals surface area contributed by atoms with Crippen LogP contribution in [-0.2, 0) is 9.59 Å². The average Bonchev–Trinajstić information content (AvgIpc) is 2.79. The van der Waals surface area contributed by atoms with Gasteiger partial charge < -0.3 is 10.0 Å². The molecule has 0 saturated carbocycles. The van der Waals surface area contributed by atoms with Crippen molar-refractivity contribution in [2.75, 3.05) is 6.54 Å². The van der Waals surface area contributed by atoms with Crippen molar-refractivity contribution in [1.29, 1.82) is 0 Å². The fraction of sp³-hybridized carbons (Fsp3) is 0.692. The molecule has 1 heterocycles. The van der Waals surface area contributed by atoms with Crippen molar-refractivity contribution in [1.82, 2.24) is 4.90 Å². The van der Waals surface area contributed by atoms with E-state index in [0.717, 1.165) is 25.7 Å². The summed E-state index contributed by atoms with van der Waals surface area (Å²) in [6.07, 6.45) is 8.39. The highest BCUT2D eigenvalue weighted by Gasteiger charge is 2.33. The number of likely N-dealkylation sites (tertiary alicyclic amines) is 1. The molecular weight excluding hydrogens is 218 g/mol. The van der Waals surface area contributed by atoms with Gasteiger partial charge in [-0.3, -0.25) is 4.79 Å². The van der Waals surface area contributed by atoms with Gasteiger partial charge in [-0.1, -0.05) is 11.6 Å². The molecule has 0 unspecified atom stereocenters. The van der Waals surface area contributed by atoms with Crippen LogP contribution in [-0.4, -0.2) is 34.5 Å². The number of carbonyl (C=O) groups excluding carboxylic acids is 1. The van der Waals surface area contributed by atoms with Crippen LogP contribution in [0.5, 0.6) is 0 Å². The normalized spacial score (nSPS) is 24.6. The molecule has 0 aromatic heterocycles. The summed E-state index contributed by atoms with van der Waals surface area (Å²) < 4.78 is 0. The highest BCUT2D eigenvalue weighted by Crippen LogP contribution is 2.24. The minimum Gasteiger partial charge on any atom is -0.480 e. The standard InChI is InChI=1S/C13H19NO3/c15-12(9-10-5-2-1-3-6-10)14-8-4-7-11(14)13(16)17/h5,11H,1-4,6-9H2,(H,16,17)/t11-/m1/s1. The molecule has 17 heavy (non-hydrogen) atoms. The van der Waals surface area contributed by atoms with Crippen molar-refractivity contribution in [3.63, 3.8) is 0 Å². The van der Waals surface area contributed by atoms with Crippen LogP contribution in [0.3, 0.4) is 0 Å². The molecule has 4 nitrogen and oxygen atoms in total. The lowest BCUT2D eigenvalue weighted by Gasteiger charge is -2.22. The van der Waals surface area contributed by atoms with Crippen molar-refractivity contribution in [3.8, 4) is 0 Å². The molecule has 2 rings (SSSR count). The predicted octanol–water partition coefficient (Wildman–Crippen LogP) is 1.95. The molecular formula is C13H19NO3. The summed E-state index contributed by atoms with van der Waals surface area (Å²) >= 11 is 0. The second-order valence-electron chi connectivity index (χ2n) is 4.87. The van der Waals surface area contributed by atoms with E-state index >= 15 is 0 Å². The first-order valence-corrected chi connectivity index (χ1v) is 6.38. The molecule has 1 atom stereocenters. The summed E-state index contributed by atoms with van der Waals surface area (Å²) in [4.78, 5) is 24.6. The second-order valence-corrected chi connectivity index (χ2v) is 4.87. The third-order valence-corrected chi connectivity index (χ3v) is 3.62. The zero-order valence-electron chi connectivity index (χ0n) is 10.0. The smallest absolute Gasteiger partial charge is 0.326 e. The Bertz CT molecular complexity index is 349. The van der Waals surface area contributed by atoms with Crippen molar-refractivity contribution in [3.05, 3.63) is 11.6 Å². The van der Waals surface area contributed by atoms with Gasteiger partial charge in [-0.15, -0.1) is 0 Å². The first-order chi connectivity index (χ1) is 8.18. The maximum absolute atomic E-state index is 12.1. The fourth-order valence-electron chi connectivity index (χ4n) is 2.68. The molecule has 1 aliphatic heterocycles. The molecule has 0 spiro atoms. The molecule has 0 aromatic rings. The molecule has 4 heteroatoms. The van der Waals surface area contributed by atoms with Crippen LogP contribution in [0.2, 0.25) is 0 Å². The Morgan fingerprint density at radius 1 is 1.35 bits per heavy atom. The Hall–Kier alpha value is -1.32. The van der Waals surface area contributed by atoms with E-state index in [-0.39, 0.29) is 5.91 Å². The SMILES string of the molecule is O=C(O)[C@H]1CCCN1C(=O)CC1=CCCCC1. The van der Waals surface area contributed by atoms with E-state index in [2.05, 4.69) is 6.08 Å². The molecule has 0 bridgehead atoms. The number of hydrogen-bond donors (Lipinski definition) is 1. The lowest BCUT2D eigenvalue weighted by molar-refractivity contribution is -0.148. The van der Waals surface area contributed by atoms with Gasteiger partial charge in [0.25, 0.3) is 0 Å². The van der Waals surface area contributed by atoms with Gasteiger partial charge in [-0.25, -0.2) is 4.79 Å². The highest BCUT2D eigenvalue weighted by atomic mass is 16.4. The number of carboxylic acid groups (broad SMARTS) is 1. The Morgan fingerprint density at radius 3 is 2.82 bits per heavy atom. The molecule has 94 valence electrons. The van der Waals surface area contributed by atoms with Crippen molar-refractivity contribution in [2.24, 2.45) is 0 Å². The Balaban J connectivity index is 1.95. The number of rotatable bonds is 3. The van der Waals surface area contributed by atoms with Crippen LogP contribution < -0.4 is 0 Å². The number of amides is 1. The summed E-state index contributed by atoms with van der Waals surface area (Å²) in [6.45, 7) is 0.600. The van der Waals surface area contributed by atoms with Crippen LogP contribution in [0.15, 0.2) is 11.6 Å². The first-order valence-electron chi connectivity index (χ1n) is 6.38. The quantitative estimate of drug-likeness (QED) is 0.763. The van der Waals surface area contributed by atoms with E-state index in [1.165, 1.54) is 16.9 Å². The third kappa shape index (κ3) is 2.87. The van der Waals surface area contributed by atoms with Crippen LogP contribution in [0.25, 0.3) is 0 Å². The molecule has 1 aliphatic carbocycles. The Labute approximate surface area is 101 Å². The highest BCUT2D eigenvalue weighted by molar-refractivity contribution is 5.85. The van der Waals surface area contributed by atoms with E-state index in [4.69, 9.17) is 5.11 Å². The number of carbonyl (C=O) groups is 2. The van der Waals surface area contributed by atoms with Gasteiger partial charge in [0.2, 0.25) is 5.91 Å².